The van der Waals surface area contributed by atoms with Gasteiger partial charge in [0.25, 0.3) is 5.91 Å². The Balaban J connectivity index is 1.76. The molecular weight excluding hydrogens is 386 g/mol. The quantitative estimate of drug-likeness (QED) is 0.780. The van der Waals surface area contributed by atoms with E-state index >= 15 is 0 Å². The highest BCUT2D eigenvalue weighted by atomic mass is 79.9. The van der Waals surface area contributed by atoms with Crippen LogP contribution in [0.25, 0.3) is 11.1 Å². The molecule has 0 spiro atoms. The zero-order valence-electron chi connectivity index (χ0n) is 13.0. The highest BCUT2D eigenvalue weighted by Crippen LogP contribution is 2.27. The Morgan fingerprint density at radius 3 is 2.48 bits per heavy atom. The summed E-state index contributed by atoms with van der Waals surface area (Å²) in [6, 6.07) is 3.54. The summed E-state index contributed by atoms with van der Waals surface area (Å²) in [5, 5.41) is 0. The molecule has 0 radical (unpaired) electrons. The number of carbonyl (C=O) groups excluding carboxylic acids is 1. The normalized spacial score (nSPS) is 17.1. The third-order valence-corrected chi connectivity index (χ3v) is 6.48. The van der Waals surface area contributed by atoms with E-state index in [1.807, 2.05) is 13.1 Å². The molecule has 3 rings (SSSR count). The first kappa shape index (κ1) is 16.5. The predicted octanol–water partition coefficient (Wildman–Crippen LogP) is 1.64. The van der Waals surface area contributed by atoms with Crippen LogP contribution in [0.5, 0.6) is 0 Å². The number of piperazine rings is 1. The Bertz CT molecular complexity index is 847. The van der Waals surface area contributed by atoms with Crippen molar-refractivity contribution in [1.29, 1.82) is 0 Å². The van der Waals surface area contributed by atoms with Crippen LogP contribution in [0.2, 0.25) is 0 Å². The van der Waals surface area contributed by atoms with Gasteiger partial charge in [0.2, 0.25) is 10.0 Å². The van der Waals surface area contributed by atoms with Gasteiger partial charge in [-0.2, -0.15) is 4.31 Å². The Hall–Kier alpha value is -1.32. The maximum atomic E-state index is 12.7. The standard InChI is InChI=1S/C14H18BrN3O4S/c1-3-23(20,21)18-6-4-17(5-7-18)14(19)11-8-12-10(16(11)2)9-13(15)22-12/h8-9H,3-7H2,1-2H3. The van der Waals surface area contributed by atoms with Gasteiger partial charge in [-0.1, -0.05) is 0 Å². The topological polar surface area (TPSA) is 75.8 Å². The van der Waals surface area contributed by atoms with Gasteiger partial charge in [-0.05, 0) is 22.9 Å². The molecule has 2 aromatic rings. The van der Waals surface area contributed by atoms with Gasteiger partial charge in [0.1, 0.15) is 5.69 Å². The number of fused-ring (bicyclic) bond motifs is 1. The van der Waals surface area contributed by atoms with Gasteiger partial charge < -0.3 is 13.9 Å². The lowest BCUT2D eigenvalue weighted by molar-refractivity contribution is 0.0689. The number of rotatable bonds is 3. The van der Waals surface area contributed by atoms with E-state index in [-0.39, 0.29) is 11.7 Å². The summed E-state index contributed by atoms with van der Waals surface area (Å²) in [5.41, 5.74) is 2.03. The number of nitrogens with zero attached hydrogens (tertiary/aromatic N) is 3. The fourth-order valence-electron chi connectivity index (χ4n) is 2.80. The van der Waals surface area contributed by atoms with Crippen LogP contribution < -0.4 is 0 Å². The van der Waals surface area contributed by atoms with Crippen molar-refractivity contribution in [3.8, 4) is 0 Å². The molecule has 1 saturated heterocycles. The zero-order valence-corrected chi connectivity index (χ0v) is 15.4. The second kappa shape index (κ2) is 5.95. The fraction of sp³-hybridized carbons (Fsp3) is 0.500. The number of halogens is 1. The van der Waals surface area contributed by atoms with Crippen LogP contribution >= 0.6 is 15.9 Å². The number of sulfonamides is 1. The van der Waals surface area contributed by atoms with Crippen molar-refractivity contribution < 1.29 is 17.6 Å². The van der Waals surface area contributed by atoms with Crippen molar-refractivity contribution in [2.75, 3.05) is 31.9 Å². The minimum Gasteiger partial charge on any atom is -0.448 e. The number of hydrogen-bond acceptors (Lipinski definition) is 4. The summed E-state index contributed by atoms with van der Waals surface area (Å²) in [6.45, 7) is 3.11. The number of hydrogen-bond donors (Lipinski definition) is 0. The molecule has 0 atom stereocenters. The van der Waals surface area contributed by atoms with Crippen LogP contribution in [-0.2, 0) is 17.1 Å². The monoisotopic (exact) mass is 403 g/mol. The summed E-state index contributed by atoms with van der Waals surface area (Å²) in [4.78, 5) is 14.4. The summed E-state index contributed by atoms with van der Waals surface area (Å²) in [7, 11) is -1.37. The summed E-state index contributed by atoms with van der Waals surface area (Å²) in [5.74, 6) is -0.0205. The lowest BCUT2D eigenvalue weighted by Gasteiger charge is -2.33. The number of aromatic nitrogens is 1. The fourth-order valence-corrected chi connectivity index (χ4v) is 4.28. The molecule has 126 valence electrons. The van der Waals surface area contributed by atoms with Crippen LogP contribution in [0.3, 0.4) is 0 Å². The lowest BCUT2D eigenvalue weighted by atomic mass is 10.3. The van der Waals surface area contributed by atoms with Crippen LogP contribution in [0, 0.1) is 0 Å². The van der Waals surface area contributed by atoms with Crippen molar-refractivity contribution in [3.05, 3.63) is 22.5 Å². The minimum absolute atomic E-state index is 0.0873. The molecule has 0 aliphatic carbocycles. The third-order valence-electron chi connectivity index (χ3n) is 4.20. The molecule has 1 fully saturated rings. The van der Waals surface area contributed by atoms with Crippen molar-refractivity contribution in [2.24, 2.45) is 7.05 Å². The van der Waals surface area contributed by atoms with Gasteiger partial charge in [0.15, 0.2) is 10.3 Å². The van der Waals surface area contributed by atoms with E-state index in [1.165, 1.54) is 4.31 Å². The van der Waals surface area contributed by atoms with E-state index in [4.69, 9.17) is 4.42 Å². The second-order valence-electron chi connectivity index (χ2n) is 5.48. The summed E-state index contributed by atoms with van der Waals surface area (Å²) < 4.78 is 33.1. The van der Waals surface area contributed by atoms with Gasteiger partial charge in [-0.25, -0.2) is 8.42 Å². The van der Waals surface area contributed by atoms with E-state index in [0.717, 1.165) is 5.52 Å². The van der Waals surface area contributed by atoms with Crippen molar-refractivity contribution in [1.82, 2.24) is 13.8 Å². The van der Waals surface area contributed by atoms with Crippen molar-refractivity contribution >= 4 is 43.0 Å². The van der Waals surface area contributed by atoms with Gasteiger partial charge in [-0.3, -0.25) is 4.79 Å². The van der Waals surface area contributed by atoms with E-state index < -0.39 is 10.0 Å². The molecule has 0 saturated carbocycles. The third kappa shape index (κ3) is 2.92. The molecule has 0 N–H and O–H groups in total. The molecule has 9 heteroatoms. The van der Waals surface area contributed by atoms with E-state index in [1.54, 1.807) is 22.5 Å². The number of amides is 1. The molecular formula is C14H18BrN3O4S. The average Bonchev–Trinajstić information content (AvgIpc) is 3.04. The molecule has 1 aliphatic heterocycles. The summed E-state index contributed by atoms with van der Waals surface area (Å²) in [6.07, 6.45) is 0. The smallest absolute Gasteiger partial charge is 0.270 e. The van der Waals surface area contributed by atoms with Crippen molar-refractivity contribution in [2.45, 2.75) is 6.92 Å². The van der Waals surface area contributed by atoms with E-state index in [2.05, 4.69) is 15.9 Å². The van der Waals surface area contributed by atoms with Crippen LogP contribution in [0.15, 0.2) is 21.2 Å². The molecule has 0 bridgehead atoms. The van der Waals surface area contributed by atoms with Crippen LogP contribution in [0.4, 0.5) is 0 Å². The van der Waals surface area contributed by atoms with E-state index in [9.17, 15) is 13.2 Å². The summed E-state index contributed by atoms with van der Waals surface area (Å²) >= 11 is 3.27. The zero-order chi connectivity index (χ0) is 16.8. The van der Waals surface area contributed by atoms with Gasteiger partial charge >= 0.3 is 0 Å². The average molecular weight is 404 g/mol. The first-order chi connectivity index (χ1) is 10.8. The Morgan fingerprint density at radius 2 is 1.91 bits per heavy atom. The van der Waals surface area contributed by atoms with E-state index in [0.29, 0.717) is 42.1 Å². The SMILES string of the molecule is CCS(=O)(=O)N1CCN(C(=O)c2cc3oc(Br)cc3n2C)CC1. The number of furan rings is 1. The molecule has 1 aliphatic rings. The second-order valence-corrected chi connectivity index (χ2v) is 8.52. The Morgan fingerprint density at radius 1 is 1.26 bits per heavy atom. The molecule has 1 amide bonds. The minimum atomic E-state index is -3.19. The van der Waals surface area contributed by atoms with Gasteiger partial charge in [0.05, 0.1) is 11.3 Å². The maximum Gasteiger partial charge on any atom is 0.270 e. The highest BCUT2D eigenvalue weighted by molar-refractivity contribution is 9.10. The van der Waals surface area contributed by atoms with Crippen LogP contribution in [-0.4, -0.2) is 60.0 Å². The molecule has 3 heterocycles. The number of aryl methyl sites for hydroxylation is 1. The predicted molar refractivity (Wildman–Crippen MR) is 89.8 cm³/mol. The maximum absolute atomic E-state index is 12.7. The molecule has 23 heavy (non-hydrogen) atoms. The molecule has 2 aromatic heterocycles. The Labute approximate surface area is 143 Å². The van der Waals surface area contributed by atoms with Crippen molar-refractivity contribution in [3.63, 3.8) is 0 Å². The van der Waals surface area contributed by atoms with Crippen LogP contribution in [0.1, 0.15) is 17.4 Å². The number of carbonyl (C=O) groups is 1. The lowest BCUT2D eigenvalue weighted by Crippen LogP contribution is -2.51. The molecule has 0 unspecified atom stereocenters. The largest absolute Gasteiger partial charge is 0.448 e. The van der Waals surface area contributed by atoms with Gasteiger partial charge in [-0.15, -0.1) is 0 Å². The molecule has 0 aromatic carbocycles. The first-order valence-corrected chi connectivity index (χ1v) is 9.75. The Kier molecular flexibility index (Phi) is 4.28. The van der Waals surface area contributed by atoms with Gasteiger partial charge in [0, 0.05) is 45.4 Å². The highest BCUT2D eigenvalue weighted by Gasteiger charge is 2.29. The first-order valence-electron chi connectivity index (χ1n) is 7.35. The molecule has 7 nitrogen and oxygen atoms in total.